The van der Waals surface area contributed by atoms with Gasteiger partial charge in [0.1, 0.15) is 11.4 Å². The van der Waals surface area contributed by atoms with Gasteiger partial charge in [-0.3, -0.25) is 4.79 Å². The molecule has 1 fully saturated rings. The monoisotopic (exact) mass is 276 g/mol. The largest absolute Gasteiger partial charge is 0.497 e. The van der Waals surface area contributed by atoms with Crippen molar-refractivity contribution in [2.45, 2.75) is 31.3 Å². The number of fused-ring (bicyclic) bond motifs is 2. The molecule has 0 aromatic heterocycles. The highest BCUT2D eigenvalue weighted by Gasteiger charge is 2.48. The van der Waals surface area contributed by atoms with E-state index in [0.717, 1.165) is 5.56 Å². The van der Waals surface area contributed by atoms with E-state index in [9.17, 15) is 9.59 Å². The molecule has 1 aliphatic carbocycles. The Hall–Kier alpha value is -2.04. The third kappa shape index (κ3) is 1.85. The zero-order chi connectivity index (χ0) is 14.3. The van der Waals surface area contributed by atoms with Crippen LogP contribution < -0.4 is 4.74 Å². The number of esters is 1. The molecular weight excluding hydrogens is 260 g/mol. The van der Waals surface area contributed by atoms with Gasteiger partial charge in [0.15, 0.2) is 0 Å². The van der Waals surface area contributed by atoms with Gasteiger partial charge in [-0.05, 0) is 43.9 Å². The van der Waals surface area contributed by atoms with Crippen LogP contribution in [0.4, 0.5) is 0 Å². The molecule has 0 unspecified atom stereocenters. The molecule has 1 spiro atoms. The number of benzene rings is 1. The molecule has 2 aliphatic rings. The number of hydrogen-bond acceptors (Lipinski definition) is 4. The number of hydrogen-bond donors (Lipinski definition) is 1. The van der Waals surface area contributed by atoms with E-state index < -0.39 is 11.6 Å². The standard InChI is InChI=1S/C15H16O5/c1-19-10-2-3-11-12(8-10)15(20-14(11)18)6-4-9(5-7-15)13(16)17/h2-3,8-9H,4-7H2,1H3,(H,16,17)/t9-,15+. The number of aliphatic carboxylic acids is 1. The lowest BCUT2D eigenvalue weighted by Gasteiger charge is -2.35. The van der Waals surface area contributed by atoms with Gasteiger partial charge in [0, 0.05) is 5.56 Å². The lowest BCUT2D eigenvalue weighted by molar-refractivity contribution is -0.144. The molecule has 5 nitrogen and oxygen atoms in total. The van der Waals surface area contributed by atoms with Crippen LogP contribution in [0.25, 0.3) is 0 Å². The van der Waals surface area contributed by atoms with Crippen LogP contribution in [-0.2, 0) is 15.1 Å². The summed E-state index contributed by atoms with van der Waals surface area (Å²) >= 11 is 0. The van der Waals surface area contributed by atoms with E-state index in [0.29, 0.717) is 37.0 Å². The highest BCUT2D eigenvalue weighted by Crippen LogP contribution is 2.48. The molecule has 1 aromatic carbocycles. The first kappa shape index (κ1) is 13.0. The number of carbonyl (C=O) groups is 2. The van der Waals surface area contributed by atoms with E-state index in [1.807, 2.05) is 6.07 Å². The molecule has 0 amide bonds. The highest BCUT2D eigenvalue weighted by atomic mass is 16.6. The minimum absolute atomic E-state index is 0.323. The molecule has 0 atom stereocenters. The Kier molecular flexibility index (Phi) is 2.92. The Morgan fingerprint density at radius 1 is 1.40 bits per heavy atom. The van der Waals surface area contributed by atoms with E-state index in [4.69, 9.17) is 14.6 Å². The second-order valence-electron chi connectivity index (χ2n) is 5.41. The van der Waals surface area contributed by atoms with Gasteiger partial charge in [-0.25, -0.2) is 4.79 Å². The number of rotatable bonds is 2. The number of carboxylic acid groups (broad SMARTS) is 1. The van der Waals surface area contributed by atoms with Crippen molar-refractivity contribution in [3.63, 3.8) is 0 Å². The van der Waals surface area contributed by atoms with Gasteiger partial charge in [0.05, 0.1) is 18.6 Å². The maximum atomic E-state index is 12.0. The van der Waals surface area contributed by atoms with Crippen LogP contribution in [0.5, 0.6) is 5.75 Å². The Bertz CT molecular complexity index is 570. The summed E-state index contributed by atoms with van der Waals surface area (Å²) in [6.07, 6.45) is 2.16. The number of ether oxygens (including phenoxy) is 2. The molecule has 3 rings (SSSR count). The van der Waals surface area contributed by atoms with Gasteiger partial charge in [0.25, 0.3) is 0 Å². The first-order chi connectivity index (χ1) is 9.55. The second kappa shape index (κ2) is 4.51. The van der Waals surface area contributed by atoms with Gasteiger partial charge >= 0.3 is 11.9 Å². The normalized spacial score (nSPS) is 28.1. The quantitative estimate of drug-likeness (QED) is 0.839. The molecule has 1 aliphatic heterocycles. The maximum absolute atomic E-state index is 12.0. The Morgan fingerprint density at radius 2 is 2.10 bits per heavy atom. The molecular formula is C15H16O5. The molecule has 0 saturated heterocycles. The van der Waals surface area contributed by atoms with Gasteiger partial charge < -0.3 is 14.6 Å². The van der Waals surface area contributed by atoms with Crippen molar-refractivity contribution in [3.8, 4) is 5.75 Å². The SMILES string of the molecule is COc1ccc2c(c1)[C@]1(CC[C@H](C(=O)O)CC1)OC2=O. The predicted molar refractivity (Wildman–Crippen MR) is 69.7 cm³/mol. The van der Waals surface area contributed by atoms with Crippen LogP contribution in [0.15, 0.2) is 18.2 Å². The van der Waals surface area contributed by atoms with E-state index in [1.165, 1.54) is 0 Å². The molecule has 5 heteroatoms. The van der Waals surface area contributed by atoms with E-state index in [-0.39, 0.29) is 11.9 Å². The van der Waals surface area contributed by atoms with Gasteiger partial charge in [-0.15, -0.1) is 0 Å². The number of carbonyl (C=O) groups excluding carboxylic acids is 1. The van der Waals surface area contributed by atoms with Crippen LogP contribution in [0.3, 0.4) is 0 Å². The topological polar surface area (TPSA) is 72.8 Å². The molecule has 0 bridgehead atoms. The molecule has 1 saturated carbocycles. The first-order valence-electron chi connectivity index (χ1n) is 6.70. The first-order valence-corrected chi connectivity index (χ1v) is 6.70. The average Bonchev–Trinajstić information content (AvgIpc) is 2.72. The van der Waals surface area contributed by atoms with Crippen molar-refractivity contribution >= 4 is 11.9 Å². The van der Waals surface area contributed by atoms with Gasteiger partial charge in [-0.2, -0.15) is 0 Å². The maximum Gasteiger partial charge on any atom is 0.339 e. The van der Waals surface area contributed by atoms with Crippen LogP contribution in [0.1, 0.15) is 41.6 Å². The lowest BCUT2D eigenvalue weighted by atomic mass is 9.75. The van der Waals surface area contributed by atoms with Crippen LogP contribution >= 0.6 is 0 Å². The van der Waals surface area contributed by atoms with Crippen molar-refractivity contribution in [1.82, 2.24) is 0 Å². The van der Waals surface area contributed by atoms with Crippen molar-refractivity contribution < 1.29 is 24.2 Å². The molecule has 20 heavy (non-hydrogen) atoms. The van der Waals surface area contributed by atoms with Crippen molar-refractivity contribution in [2.24, 2.45) is 5.92 Å². The average molecular weight is 276 g/mol. The fourth-order valence-electron chi connectivity index (χ4n) is 3.20. The van der Waals surface area contributed by atoms with Gasteiger partial charge in [0.2, 0.25) is 0 Å². The number of methoxy groups -OCH3 is 1. The Labute approximate surface area is 116 Å². The summed E-state index contributed by atoms with van der Waals surface area (Å²) in [6.45, 7) is 0. The van der Waals surface area contributed by atoms with Crippen molar-refractivity contribution in [2.75, 3.05) is 7.11 Å². The minimum atomic E-state index is -0.768. The van der Waals surface area contributed by atoms with Crippen LogP contribution in [0, 0.1) is 5.92 Å². The fraction of sp³-hybridized carbons (Fsp3) is 0.467. The summed E-state index contributed by atoms with van der Waals surface area (Å²) in [5, 5.41) is 9.07. The molecule has 1 N–H and O–H groups in total. The van der Waals surface area contributed by atoms with E-state index in [1.54, 1.807) is 19.2 Å². The van der Waals surface area contributed by atoms with Crippen LogP contribution in [0.2, 0.25) is 0 Å². The zero-order valence-electron chi connectivity index (χ0n) is 11.2. The molecule has 1 heterocycles. The Morgan fingerprint density at radius 3 is 2.70 bits per heavy atom. The van der Waals surface area contributed by atoms with E-state index in [2.05, 4.69) is 0 Å². The molecule has 106 valence electrons. The zero-order valence-corrected chi connectivity index (χ0v) is 11.2. The minimum Gasteiger partial charge on any atom is -0.497 e. The molecule has 0 radical (unpaired) electrons. The predicted octanol–water partition coefficient (Wildman–Crippen LogP) is 2.34. The summed E-state index contributed by atoms with van der Waals surface area (Å²) in [5.41, 5.74) is 0.748. The Balaban J connectivity index is 1.94. The number of carboxylic acids is 1. The summed E-state index contributed by atoms with van der Waals surface area (Å²) in [5.74, 6) is -0.748. The lowest BCUT2D eigenvalue weighted by Crippen LogP contribution is -2.34. The molecule has 1 aromatic rings. The van der Waals surface area contributed by atoms with Crippen LogP contribution in [-0.4, -0.2) is 24.2 Å². The third-order valence-corrected chi connectivity index (χ3v) is 4.37. The summed E-state index contributed by atoms with van der Waals surface area (Å²) < 4.78 is 10.8. The summed E-state index contributed by atoms with van der Waals surface area (Å²) in [6, 6.07) is 5.29. The van der Waals surface area contributed by atoms with Crippen molar-refractivity contribution in [1.29, 1.82) is 0 Å². The van der Waals surface area contributed by atoms with Gasteiger partial charge in [-0.1, -0.05) is 0 Å². The smallest absolute Gasteiger partial charge is 0.339 e. The highest BCUT2D eigenvalue weighted by molar-refractivity contribution is 5.95. The third-order valence-electron chi connectivity index (χ3n) is 4.37. The van der Waals surface area contributed by atoms with Crippen molar-refractivity contribution in [3.05, 3.63) is 29.3 Å². The summed E-state index contributed by atoms with van der Waals surface area (Å²) in [7, 11) is 1.58. The van der Waals surface area contributed by atoms with E-state index >= 15 is 0 Å². The second-order valence-corrected chi connectivity index (χ2v) is 5.41. The fourth-order valence-corrected chi connectivity index (χ4v) is 3.20. The summed E-state index contributed by atoms with van der Waals surface area (Å²) in [4.78, 5) is 23.0.